The quantitative estimate of drug-likeness (QED) is 0.0658. The third-order valence-electron chi connectivity index (χ3n) is 25.4. The Morgan fingerprint density at radius 3 is 1.04 bits per heavy atom. The van der Waals surface area contributed by atoms with E-state index in [-0.39, 0.29) is 88.4 Å². The van der Waals surface area contributed by atoms with Crippen LogP contribution in [0.1, 0.15) is 290 Å². The molecule has 1 saturated heterocycles. The number of aliphatic hydroxyl groups is 1. The summed E-state index contributed by atoms with van der Waals surface area (Å²) in [6.07, 6.45) is 5.46. The normalized spacial score (nSPS) is 15.4. The van der Waals surface area contributed by atoms with E-state index in [1.165, 1.54) is 47.2 Å². The molecule has 0 aromatic heterocycles. The van der Waals surface area contributed by atoms with Crippen LogP contribution in [-0.2, 0) is 107 Å². The van der Waals surface area contributed by atoms with Crippen molar-refractivity contribution >= 4 is 152 Å². The minimum Gasteiger partial charge on any atom is -0.461 e. The highest BCUT2D eigenvalue weighted by atomic mass is 79.9. The number of aliphatic hydroxyl groups excluding tert-OH is 1. The van der Waals surface area contributed by atoms with Crippen molar-refractivity contribution in [2.24, 2.45) is 0 Å². The third-order valence-corrected chi connectivity index (χ3v) is 27.5. The van der Waals surface area contributed by atoms with Gasteiger partial charge >= 0.3 is 19.1 Å². The van der Waals surface area contributed by atoms with E-state index in [2.05, 4.69) is 162 Å². The Morgan fingerprint density at radius 1 is 0.407 bits per heavy atom. The molecule has 19 nitrogen and oxygen atoms in total. The Labute approximate surface area is 823 Å². The number of benzene rings is 10. The van der Waals surface area contributed by atoms with Crippen molar-refractivity contribution in [2.45, 2.75) is 236 Å². The van der Waals surface area contributed by atoms with E-state index in [4.69, 9.17) is 65.2 Å². The van der Waals surface area contributed by atoms with Gasteiger partial charge in [-0.1, -0.05) is 263 Å². The number of nitrogens with one attached hydrogen (secondary N) is 1. The molecule has 1 fully saturated rings. The van der Waals surface area contributed by atoms with Crippen molar-refractivity contribution in [1.82, 2.24) is 5.32 Å². The Morgan fingerprint density at radius 2 is 0.704 bits per heavy atom. The fourth-order valence-electron chi connectivity index (χ4n) is 16.6. The van der Waals surface area contributed by atoms with Crippen molar-refractivity contribution in [3.05, 3.63) is 318 Å². The van der Waals surface area contributed by atoms with Gasteiger partial charge in [0.15, 0.2) is 12.6 Å². The first kappa shape index (κ1) is 105. The smallest absolute Gasteiger partial charge is 0.461 e. The first-order valence-electron chi connectivity index (χ1n) is 45.5. The Hall–Kier alpha value is -10.6. The second kappa shape index (κ2) is 43.0. The van der Waals surface area contributed by atoms with Gasteiger partial charge in [0.2, 0.25) is 0 Å². The molecule has 0 unspecified atom stereocenters. The van der Waals surface area contributed by atoms with E-state index in [0.29, 0.717) is 114 Å². The van der Waals surface area contributed by atoms with Crippen LogP contribution in [0.5, 0.6) is 0 Å². The lowest BCUT2D eigenvalue weighted by atomic mass is 9.75. The minimum absolute atomic E-state index is 0.0174. The summed E-state index contributed by atoms with van der Waals surface area (Å²) in [4.78, 5) is 116. The van der Waals surface area contributed by atoms with Gasteiger partial charge in [-0.3, -0.25) is 43.2 Å². The summed E-state index contributed by atoms with van der Waals surface area (Å²) in [6.45, 7) is 46.2. The zero-order chi connectivity index (χ0) is 99.1. The Bertz CT molecular complexity index is 6160. The van der Waals surface area contributed by atoms with Crippen LogP contribution in [0, 0.1) is 0 Å². The van der Waals surface area contributed by atoms with Gasteiger partial charge in [0.1, 0.15) is 13.2 Å². The van der Waals surface area contributed by atoms with Gasteiger partial charge in [0.05, 0.1) is 56.2 Å². The van der Waals surface area contributed by atoms with Crippen LogP contribution in [0.15, 0.2) is 186 Å². The van der Waals surface area contributed by atoms with Crippen LogP contribution in [0.3, 0.4) is 0 Å². The zero-order valence-corrected chi connectivity index (χ0v) is 85.8. The Balaban J connectivity index is 0.000000161. The van der Waals surface area contributed by atoms with Crippen molar-refractivity contribution in [3.63, 3.8) is 0 Å². The van der Waals surface area contributed by atoms with Crippen molar-refractivity contribution in [2.75, 3.05) is 52.3 Å². The van der Waals surface area contributed by atoms with Gasteiger partial charge in [-0.15, -0.1) is 0 Å². The first-order valence-corrected chi connectivity index (χ1v) is 47.8. The van der Waals surface area contributed by atoms with E-state index in [1.54, 1.807) is 74.2 Å². The highest BCUT2D eigenvalue weighted by Crippen LogP contribution is 2.42. The maximum atomic E-state index is 13.7. The number of fused-ring (bicyclic) bond motifs is 5. The molecule has 0 aliphatic carbocycles. The average Bonchev–Trinajstić information content (AvgIpc) is 1.17. The molecule has 6 heterocycles. The van der Waals surface area contributed by atoms with Crippen LogP contribution < -0.4 is 30.4 Å². The fraction of sp³-hybridized carbons (Fsp3) is 0.373. The molecular weight excluding hydrogens is 1850 g/mol. The second-order valence-electron chi connectivity index (χ2n) is 40.6. The summed E-state index contributed by atoms with van der Waals surface area (Å²) in [5, 5.41) is 14.3. The highest BCUT2D eigenvalue weighted by Gasteiger charge is 2.53. The van der Waals surface area contributed by atoms with Gasteiger partial charge < -0.3 is 48.8 Å². The number of carbonyl (C=O) groups excluding carboxylic acids is 9. The van der Waals surface area contributed by atoms with Crippen molar-refractivity contribution in [1.29, 1.82) is 0 Å². The predicted octanol–water partition coefficient (Wildman–Crippen LogP) is 23.6. The number of amides is 5. The van der Waals surface area contributed by atoms with Gasteiger partial charge in [-0.2, -0.15) is 0 Å². The molecule has 5 amide bonds. The van der Waals surface area contributed by atoms with E-state index in [0.717, 1.165) is 93.8 Å². The summed E-state index contributed by atoms with van der Waals surface area (Å²) < 4.78 is 23.9. The summed E-state index contributed by atoms with van der Waals surface area (Å²) in [7, 11) is -0.632. The number of hydrogen-bond acceptors (Lipinski definition) is 14. The molecule has 6 aliphatic rings. The lowest BCUT2D eigenvalue weighted by molar-refractivity contribution is -0.143. The molecule has 0 saturated carbocycles. The summed E-state index contributed by atoms with van der Waals surface area (Å²) >= 11 is 27.4. The molecule has 6 aliphatic heterocycles. The van der Waals surface area contributed by atoms with E-state index in [1.807, 2.05) is 119 Å². The molecule has 0 spiro atoms. The van der Waals surface area contributed by atoms with Crippen LogP contribution >= 0.6 is 62.3 Å². The second-order valence-corrected chi connectivity index (χ2v) is 43.1. The van der Waals surface area contributed by atoms with Crippen LogP contribution in [0.2, 0.25) is 20.1 Å². The number of esters is 2. The third kappa shape index (κ3) is 24.7. The number of aldehydes is 2. The van der Waals surface area contributed by atoms with Gasteiger partial charge in [-0.25, -0.2) is 0 Å². The summed E-state index contributed by atoms with van der Waals surface area (Å²) in [5.74, 6) is -0.923. The van der Waals surface area contributed by atoms with Gasteiger partial charge in [0, 0.05) is 111 Å². The average molecular weight is 1970 g/mol. The van der Waals surface area contributed by atoms with E-state index in [9.17, 15) is 48.3 Å². The number of carbonyl (C=O) groups is 9. The predicted molar refractivity (Wildman–Crippen MR) is 547 cm³/mol. The number of rotatable bonds is 12. The Kier molecular flexibility index (Phi) is 33.4. The molecule has 10 aromatic rings. The monoisotopic (exact) mass is 1970 g/mol. The van der Waals surface area contributed by atoms with Crippen molar-refractivity contribution in [3.8, 4) is 0 Å². The number of ether oxygens (including phenoxy) is 2. The van der Waals surface area contributed by atoms with Crippen LogP contribution in [0.4, 0.5) is 22.7 Å². The molecule has 710 valence electrons. The summed E-state index contributed by atoms with van der Waals surface area (Å²) in [6, 6.07) is 57.5. The number of hydrogen-bond donors (Lipinski definition) is 2. The van der Waals surface area contributed by atoms with Gasteiger partial charge in [-0.05, 0) is 233 Å². The molecule has 0 atom stereocenters. The SMILES string of the molecule is CC(=O)OCc1c(B2OC(C)(C)C(C)(C)O2)cccc1N1CCc2cc(C(C)(C)C)ccc2C1=O.CC(=O)OCc1c(Cl)cccc1N1CCc2cc(C(C)(C)C)ccc2C1=O.CC(C)(C)c1ccc2c(c1)CCN(c1cccc(Cl)c1C=O)C2=O.CC(C)(C)c1ccc2c(c1)CCN(c1cccc(Cl)c1CO)C2=O.CC(C)(C)c1ccc2c(c1)CCNC2=O.O=Cc1c(Cl)cccc1Br. The fourth-order valence-corrected chi connectivity index (χ4v) is 18.0. The first-order chi connectivity index (χ1) is 63.3. The van der Waals surface area contributed by atoms with E-state index < -0.39 is 18.3 Å². The zero-order valence-electron chi connectivity index (χ0n) is 81.2. The molecule has 0 bridgehead atoms. The lowest BCUT2D eigenvalue weighted by Crippen LogP contribution is -2.42. The number of nitrogens with zero attached hydrogens (tertiary/aromatic N) is 4. The molecule has 0 radical (unpaired) electrons. The standard InChI is InChI=1S/C28H36BNO5.C22H24ClNO3.C20H22ClNO2.C20H20ClNO2.C13H17NO.C7H4BrClO/c1-18(31)33-17-22-23(29-34-27(5,6)28(7,8)35-29)10-9-11-24(22)30-15-14-19-16-20(26(2,3)4)12-13-21(19)25(30)32;1-14(25)27-13-18-19(23)6-5-7-20(18)24-11-10-15-12-16(22(2,3)4)8-9-17(15)21(24)26;2*1-20(2,3)14-7-8-15-13(11-14)9-10-22(19(15)24)18-6-4-5-17(21)16(18)12-23;1-13(2,3)10-4-5-11-9(8-10)6-7-14-12(11)15;8-6-2-1-3-7(9)5(6)4-10/h9-13,16H,14-15,17H2,1-8H3;5-9,12H,10-11,13H2,1-4H3;4-8,11,23H,9-10,12H2,1-3H3;4-8,11-12H,9-10H2,1-3H3;4-5,8H,6-7H2,1-3H3,(H,14,15);1-4H. The molecule has 135 heavy (non-hydrogen) atoms. The highest BCUT2D eigenvalue weighted by molar-refractivity contribution is 9.10. The van der Waals surface area contributed by atoms with Gasteiger partial charge in [0.25, 0.3) is 29.5 Å². The van der Waals surface area contributed by atoms with Crippen LogP contribution in [0.25, 0.3) is 0 Å². The summed E-state index contributed by atoms with van der Waals surface area (Å²) in [5.41, 5.74) is 21.0. The topological polar surface area (TPSA) is 236 Å². The molecular formula is C110H123BBrCl4N5O14. The van der Waals surface area contributed by atoms with Crippen LogP contribution in [-0.4, -0.2) is 110 Å². The minimum atomic E-state index is -0.632. The maximum absolute atomic E-state index is 13.7. The molecule has 10 aromatic carbocycles. The molecule has 2 N–H and O–H groups in total. The number of halogens is 5. The molecule has 16 rings (SSSR count). The lowest BCUT2D eigenvalue weighted by Gasteiger charge is -2.32. The maximum Gasteiger partial charge on any atom is 0.495 e. The van der Waals surface area contributed by atoms with E-state index >= 15 is 0 Å². The largest absolute Gasteiger partial charge is 0.495 e. The van der Waals surface area contributed by atoms with Crippen molar-refractivity contribution < 1.29 is 67.0 Å². The number of anilines is 4. The molecule has 25 heteroatoms.